The molecule has 1 unspecified atom stereocenters. The van der Waals surface area contributed by atoms with E-state index in [9.17, 15) is 14.0 Å². The first kappa shape index (κ1) is 19.2. The molecular weight excluding hydrogens is 361 g/mol. The molecule has 2 saturated carbocycles. The van der Waals surface area contributed by atoms with Gasteiger partial charge in [-0.15, -0.1) is 0 Å². The first-order valence-corrected chi connectivity index (χ1v) is 10.1. The highest BCUT2D eigenvalue weighted by molar-refractivity contribution is 5.90. The molecule has 2 amide bonds. The summed E-state index contributed by atoms with van der Waals surface area (Å²) in [6.07, 6.45) is 3.76. The molecule has 1 atom stereocenters. The van der Waals surface area contributed by atoms with Crippen LogP contribution in [0.5, 0.6) is 0 Å². The number of halogens is 1. The molecule has 1 spiro atoms. The zero-order chi connectivity index (χ0) is 19.9. The van der Waals surface area contributed by atoms with E-state index in [-0.39, 0.29) is 23.2 Å². The molecule has 0 aromatic heterocycles. The zero-order valence-corrected chi connectivity index (χ0v) is 16.5. The molecule has 2 aliphatic carbocycles. The summed E-state index contributed by atoms with van der Waals surface area (Å²) in [6, 6.07) is 4.39. The maximum atomic E-state index is 14.4. The largest absolute Gasteiger partial charge is 0.386 e. The van der Waals surface area contributed by atoms with Crippen LogP contribution in [0.2, 0.25) is 0 Å². The van der Waals surface area contributed by atoms with Crippen LogP contribution in [0.1, 0.15) is 44.6 Å². The minimum absolute atomic E-state index is 0.0769. The van der Waals surface area contributed by atoms with Gasteiger partial charge >= 0.3 is 0 Å². The third-order valence-corrected chi connectivity index (χ3v) is 6.40. The van der Waals surface area contributed by atoms with Crippen molar-refractivity contribution in [1.29, 1.82) is 0 Å². The lowest BCUT2D eigenvalue weighted by molar-refractivity contribution is -0.145. The van der Waals surface area contributed by atoms with Crippen LogP contribution in [0.25, 0.3) is 0 Å². The number of anilines is 1. The van der Waals surface area contributed by atoms with Gasteiger partial charge in [0.2, 0.25) is 11.8 Å². The second-order valence-corrected chi connectivity index (χ2v) is 8.25. The molecule has 7 heteroatoms. The first-order valence-electron chi connectivity index (χ1n) is 10.1. The van der Waals surface area contributed by atoms with Gasteiger partial charge < -0.3 is 20.3 Å². The molecule has 152 valence electrons. The van der Waals surface area contributed by atoms with E-state index in [1.54, 1.807) is 20.0 Å². The number of carbonyl (C=O) groups excluding carboxylic acids is 2. The summed E-state index contributed by atoms with van der Waals surface area (Å²) in [4.78, 5) is 27.5. The van der Waals surface area contributed by atoms with Crippen molar-refractivity contribution in [2.45, 2.75) is 56.1 Å². The van der Waals surface area contributed by atoms with Gasteiger partial charge in [0.05, 0.1) is 17.9 Å². The van der Waals surface area contributed by atoms with Crippen molar-refractivity contribution >= 4 is 17.5 Å². The molecule has 0 bridgehead atoms. The Morgan fingerprint density at radius 2 is 2.04 bits per heavy atom. The van der Waals surface area contributed by atoms with Crippen LogP contribution >= 0.6 is 0 Å². The number of amides is 2. The van der Waals surface area contributed by atoms with Crippen LogP contribution in [0.3, 0.4) is 0 Å². The number of morpholine rings is 1. The molecule has 4 rings (SSSR count). The highest BCUT2D eigenvalue weighted by Gasteiger charge is 2.57. The molecule has 2 N–H and O–H groups in total. The molecule has 1 heterocycles. The van der Waals surface area contributed by atoms with E-state index >= 15 is 0 Å². The summed E-state index contributed by atoms with van der Waals surface area (Å²) < 4.78 is 20.2. The third-order valence-electron chi connectivity index (χ3n) is 6.40. The average molecular weight is 389 g/mol. The number of nitrogens with one attached hydrogen (secondary N) is 2. The lowest BCUT2D eigenvalue weighted by Crippen LogP contribution is -2.58. The van der Waals surface area contributed by atoms with E-state index in [1.807, 2.05) is 11.0 Å². The molecular formula is C21H28FN3O3. The second-order valence-electron chi connectivity index (χ2n) is 8.25. The van der Waals surface area contributed by atoms with E-state index in [2.05, 4.69) is 10.6 Å². The minimum atomic E-state index is -0.673. The molecule has 1 aliphatic heterocycles. The normalized spacial score (nSPS) is 22.5. The van der Waals surface area contributed by atoms with E-state index in [1.165, 1.54) is 6.07 Å². The Bertz CT molecular complexity index is 789. The number of carbonyl (C=O) groups is 2. The predicted molar refractivity (Wildman–Crippen MR) is 104 cm³/mol. The van der Waals surface area contributed by atoms with Crippen molar-refractivity contribution in [3.05, 3.63) is 29.6 Å². The number of hydrogen-bond donors (Lipinski definition) is 2. The molecule has 3 aliphatic rings. The number of nitrogens with zero attached hydrogens (tertiary/aromatic N) is 1. The second kappa shape index (κ2) is 7.03. The number of rotatable bonds is 6. The van der Waals surface area contributed by atoms with Gasteiger partial charge in [-0.05, 0) is 43.4 Å². The summed E-state index contributed by atoms with van der Waals surface area (Å²) >= 11 is 0. The highest BCUT2D eigenvalue weighted by Crippen LogP contribution is 2.52. The third kappa shape index (κ3) is 3.36. The molecule has 1 aromatic carbocycles. The smallest absolute Gasteiger partial charge is 0.246 e. The monoisotopic (exact) mass is 389 g/mol. The van der Waals surface area contributed by atoms with Gasteiger partial charge in [0.15, 0.2) is 0 Å². The number of ether oxygens (including phenoxy) is 1. The summed E-state index contributed by atoms with van der Waals surface area (Å²) in [5, 5.41) is 5.77. The summed E-state index contributed by atoms with van der Waals surface area (Å²) in [5.41, 5.74) is 0.478. The van der Waals surface area contributed by atoms with E-state index in [0.29, 0.717) is 31.8 Å². The van der Waals surface area contributed by atoms with Crippen LogP contribution < -0.4 is 10.6 Å². The van der Waals surface area contributed by atoms with Crippen LogP contribution in [0.4, 0.5) is 10.1 Å². The lowest BCUT2D eigenvalue weighted by Gasteiger charge is -2.38. The molecule has 1 aromatic rings. The Labute approximate surface area is 164 Å². The van der Waals surface area contributed by atoms with Crippen molar-refractivity contribution in [1.82, 2.24) is 10.2 Å². The fraction of sp³-hybridized carbons (Fsp3) is 0.619. The predicted octanol–water partition coefficient (Wildman–Crippen LogP) is 2.19. The maximum absolute atomic E-state index is 14.4. The minimum Gasteiger partial charge on any atom is -0.386 e. The van der Waals surface area contributed by atoms with E-state index < -0.39 is 11.5 Å². The Kier molecular flexibility index (Phi) is 4.81. The van der Waals surface area contributed by atoms with Crippen molar-refractivity contribution in [3.8, 4) is 0 Å². The standard InChI is InChI=1S/C21H28FN3O3/c1-3-17(26)24-18(19(27)25-10-11-28-20(13-25)6-7-20)21(8-9-21)14-4-5-16(23-2)15(22)12-14/h4-5,12,18,23H,3,6-11,13H2,1-2H3,(H,24,26). The SMILES string of the molecule is CCC(=O)NC(C(=O)N1CCOC2(CC2)C1)C1(c2ccc(NC)c(F)c2)CC1. The zero-order valence-electron chi connectivity index (χ0n) is 16.5. The lowest BCUT2D eigenvalue weighted by atomic mass is 9.86. The van der Waals surface area contributed by atoms with Crippen LogP contribution in [-0.2, 0) is 19.7 Å². The van der Waals surface area contributed by atoms with Gasteiger partial charge in [0.1, 0.15) is 11.9 Å². The van der Waals surface area contributed by atoms with Crippen molar-refractivity contribution in [2.75, 3.05) is 32.1 Å². The number of benzene rings is 1. The van der Waals surface area contributed by atoms with Crippen molar-refractivity contribution < 1.29 is 18.7 Å². The van der Waals surface area contributed by atoms with E-state index in [4.69, 9.17) is 4.74 Å². The fourth-order valence-corrected chi connectivity index (χ4v) is 4.26. The molecule has 28 heavy (non-hydrogen) atoms. The van der Waals surface area contributed by atoms with E-state index in [0.717, 1.165) is 31.2 Å². The van der Waals surface area contributed by atoms with Gasteiger partial charge in [-0.3, -0.25) is 9.59 Å². The summed E-state index contributed by atoms with van der Waals surface area (Å²) in [7, 11) is 1.67. The fourth-order valence-electron chi connectivity index (χ4n) is 4.26. The van der Waals surface area contributed by atoms with Crippen LogP contribution in [0, 0.1) is 5.82 Å². The van der Waals surface area contributed by atoms with Gasteiger partial charge in [-0.2, -0.15) is 0 Å². The van der Waals surface area contributed by atoms with Gasteiger partial charge in [-0.1, -0.05) is 13.0 Å². The Morgan fingerprint density at radius 1 is 1.29 bits per heavy atom. The molecule has 1 saturated heterocycles. The molecule has 0 radical (unpaired) electrons. The van der Waals surface area contributed by atoms with Gasteiger partial charge in [0, 0.05) is 32.0 Å². The quantitative estimate of drug-likeness (QED) is 0.783. The Balaban J connectivity index is 1.62. The van der Waals surface area contributed by atoms with Gasteiger partial charge in [0.25, 0.3) is 0 Å². The summed E-state index contributed by atoms with van der Waals surface area (Å²) in [5.74, 6) is -0.582. The van der Waals surface area contributed by atoms with Crippen LogP contribution in [0.15, 0.2) is 18.2 Å². The topological polar surface area (TPSA) is 70.7 Å². The summed E-state index contributed by atoms with van der Waals surface area (Å²) in [6.45, 7) is 3.40. The van der Waals surface area contributed by atoms with Gasteiger partial charge in [-0.25, -0.2) is 4.39 Å². The molecule has 3 fully saturated rings. The highest BCUT2D eigenvalue weighted by atomic mass is 19.1. The maximum Gasteiger partial charge on any atom is 0.246 e. The average Bonchev–Trinajstić information content (AvgIpc) is 3.63. The molecule has 6 nitrogen and oxygen atoms in total. The number of hydrogen-bond acceptors (Lipinski definition) is 4. The van der Waals surface area contributed by atoms with Crippen molar-refractivity contribution in [2.24, 2.45) is 0 Å². The first-order chi connectivity index (χ1) is 13.4. The van der Waals surface area contributed by atoms with Crippen LogP contribution in [-0.4, -0.2) is 55.1 Å². The van der Waals surface area contributed by atoms with Crippen molar-refractivity contribution in [3.63, 3.8) is 0 Å². The Hall–Kier alpha value is -2.15. The Morgan fingerprint density at radius 3 is 2.61 bits per heavy atom.